The molecule has 0 unspecified atom stereocenters. The Balaban J connectivity index is 1.90. The van der Waals surface area contributed by atoms with E-state index in [2.05, 4.69) is 0 Å². The summed E-state index contributed by atoms with van der Waals surface area (Å²) < 4.78 is 0. The monoisotopic (exact) mass is 210 g/mol. The molecule has 1 aliphatic heterocycles. The number of carbonyl (C=O) groups excluding carboxylic acids is 2. The lowest BCUT2D eigenvalue weighted by atomic mass is 9.91. The summed E-state index contributed by atoms with van der Waals surface area (Å²) in [6, 6.07) is 0.629. The highest BCUT2D eigenvalue weighted by atomic mass is 16.2. The van der Waals surface area contributed by atoms with Crippen LogP contribution in [0.25, 0.3) is 0 Å². The Morgan fingerprint density at radius 1 is 1.27 bits per heavy atom. The van der Waals surface area contributed by atoms with E-state index >= 15 is 0 Å². The molecular formula is C11H18N2O2. The Hall–Kier alpha value is -1.06. The number of rotatable bonds is 4. The smallest absolute Gasteiger partial charge is 0.320 e. The Morgan fingerprint density at radius 2 is 2.07 bits per heavy atom. The highest BCUT2D eigenvalue weighted by Crippen LogP contribution is 2.27. The summed E-state index contributed by atoms with van der Waals surface area (Å²) in [5.41, 5.74) is 0. The van der Waals surface area contributed by atoms with Gasteiger partial charge in [-0.1, -0.05) is 0 Å². The van der Waals surface area contributed by atoms with Crippen molar-refractivity contribution >= 4 is 12.3 Å². The van der Waals surface area contributed by atoms with Crippen LogP contribution in [0.1, 0.15) is 32.1 Å². The molecule has 1 saturated heterocycles. The standard InChI is InChI=1S/C11H18N2O2/c14-9-3-7-12-6-2-8-13(11(12)15)10-4-1-5-10/h9-10H,1-8H2. The van der Waals surface area contributed by atoms with E-state index in [1.807, 2.05) is 9.80 Å². The van der Waals surface area contributed by atoms with Gasteiger partial charge in [-0.25, -0.2) is 4.79 Å². The lowest BCUT2D eigenvalue weighted by Crippen LogP contribution is -2.55. The first-order valence-electron chi connectivity index (χ1n) is 5.82. The first kappa shape index (κ1) is 10.5. The van der Waals surface area contributed by atoms with Gasteiger partial charge >= 0.3 is 6.03 Å². The number of urea groups is 1. The van der Waals surface area contributed by atoms with Crippen molar-refractivity contribution in [1.82, 2.24) is 9.80 Å². The molecule has 0 bridgehead atoms. The lowest BCUT2D eigenvalue weighted by molar-refractivity contribution is -0.108. The van der Waals surface area contributed by atoms with E-state index in [4.69, 9.17) is 0 Å². The van der Waals surface area contributed by atoms with Crippen LogP contribution in [-0.4, -0.2) is 47.8 Å². The van der Waals surface area contributed by atoms with Crippen molar-refractivity contribution in [2.75, 3.05) is 19.6 Å². The summed E-state index contributed by atoms with van der Waals surface area (Å²) in [4.78, 5) is 26.1. The van der Waals surface area contributed by atoms with Crippen LogP contribution in [0.2, 0.25) is 0 Å². The largest absolute Gasteiger partial charge is 0.324 e. The van der Waals surface area contributed by atoms with E-state index in [0.717, 1.165) is 38.6 Å². The van der Waals surface area contributed by atoms with Crippen LogP contribution >= 0.6 is 0 Å². The van der Waals surface area contributed by atoms with Gasteiger partial charge in [0, 0.05) is 32.1 Å². The van der Waals surface area contributed by atoms with Gasteiger partial charge in [-0.05, 0) is 25.7 Å². The second-order valence-electron chi connectivity index (χ2n) is 4.36. The SMILES string of the molecule is O=CCCN1CCCN(C2CCC2)C1=O. The summed E-state index contributed by atoms with van der Waals surface area (Å²) in [5.74, 6) is 0. The van der Waals surface area contributed by atoms with E-state index in [1.165, 1.54) is 6.42 Å². The number of nitrogens with zero attached hydrogens (tertiary/aromatic N) is 2. The number of hydrogen-bond acceptors (Lipinski definition) is 2. The average molecular weight is 210 g/mol. The van der Waals surface area contributed by atoms with Gasteiger partial charge in [0.25, 0.3) is 0 Å². The van der Waals surface area contributed by atoms with Crippen molar-refractivity contribution in [3.63, 3.8) is 0 Å². The van der Waals surface area contributed by atoms with Gasteiger partial charge in [-0.3, -0.25) is 0 Å². The Morgan fingerprint density at radius 3 is 2.67 bits per heavy atom. The summed E-state index contributed by atoms with van der Waals surface area (Å²) in [6.07, 6.45) is 5.96. The first-order valence-corrected chi connectivity index (χ1v) is 5.82. The quantitative estimate of drug-likeness (QED) is 0.655. The van der Waals surface area contributed by atoms with Crippen molar-refractivity contribution in [2.24, 2.45) is 0 Å². The molecule has 0 aromatic rings. The molecule has 0 radical (unpaired) electrons. The minimum Gasteiger partial charge on any atom is -0.324 e. The zero-order valence-corrected chi connectivity index (χ0v) is 9.02. The van der Waals surface area contributed by atoms with E-state index < -0.39 is 0 Å². The fraction of sp³-hybridized carbons (Fsp3) is 0.818. The number of aldehydes is 1. The second-order valence-corrected chi connectivity index (χ2v) is 4.36. The molecule has 1 aliphatic carbocycles. The molecule has 84 valence electrons. The maximum atomic E-state index is 12.0. The zero-order chi connectivity index (χ0) is 10.7. The van der Waals surface area contributed by atoms with E-state index in [1.54, 1.807) is 0 Å². The Kier molecular flexibility index (Phi) is 3.23. The Labute approximate surface area is 90.2 Å². The molecule has 1 heterocycles. The van der Waals surface area contributed by atoms with Crippen molar-refractivity contribution in [2.45, 2.75) is 38.1 Å². The van der Waals surface area contributed by atoms with Crippen LogP contribution in [0, 0.1) is 0 Å². The molecule has 4 heteroatoms. The molecule has 2 fully saturated rings. The molecule has 2 rings (SSSR count). The Bertz CT molecular complexity index is 251. The summed E-state index contributed by atoms with van der Waals surface area (Å²) in [6.45, 7) is 2.31. The minimum absolute atomic E-state index is 0.146. The first-order chi connectivity index (χ1) is 7.33. The highest BCUT2D eigenvalue weighted by Gasteiger charge is 2.33. The molecule has 15 heavy (non-hydrogen) atoms. The molecule has 2 aliphatic rings. The van der Waals surface area contributed by atoms with Gasteiger partial charge < -0.3 is 14.6 Å². The molecule has 4 nitrogen and oxygen atoms in total. The average Bonchev–Trinajstić information content (AvgIpc) is 2.17. The third-order valence-corrected chi connectivity index (χ3v) is 3.38. The van der Waals surface area contributed by atoms with Crippen LogP contribution < -0.4 is 0 Å². The molecule has 2 amide bonds. The number of carbonyl (C=O) groups is 2. The lowest BCUT2D eigenvalue weighted by Gasteiger charge is -2.43. The zero-order valence-electron chi connectivity index (χ0n) is 9.02. The van der Waals surface area contributed by atoms with E-state index in [9.17, 15) is 9.59 Å². The summed E-state index contributed by atoms with van der Waals surface area (Å²) in [7, 11) is 0. The predicted octanol–water partition coefficient (Wildman–Crippen LogP) is 1.26. The summed E-state index contributed by atoms with van der Waals surface area (Å²) in [5, 5.41) is 0. The number of amides is 2. The summed E-state index contributed by atoms with van der Waals surface area (Å²) >= 11 is 0. The van der Waals surface area contributed by atoms with Crippen molar-refractivity contribution < 1.29 is 9.59 Å². The molecule has 0 aromatic carbocycles. The van der Waals surface area contributed by atoms with Crippen LogP contribution in [-0.2, 0) is 4.79 Å². The topological polar surface area (TPSA) is 40.6 Å². The molecule has 0 spiro atoms. The van der Waals surface area contributed by atoms with Gasteiger partial charge in [-0.15, -0.1) is 0 Å². The third kappa shape index (κ3) is 2.13. The maximum absolute atomic E-state index is 12.0. The third-order valence-electron chi connectivity index (χ3n) is 3.38. The normalized spacial score (nSPS) is 22.8. The van der Waals surface area contributed by atoms with Crippen molar-refractivity contribution in [1.29, 1.82) is 0 Å². The van der Waals surface area contributed by atoms with Gasteiger partial charge in [0.2, 0.25) is 0 Å². The molecule has 1 saturated carbocycles. The molecule has 0 aromatic heterocycles. The number of hydrogen-bond donors (Lipinski definition) is 0. The van der Waals surface area contributed by atoms with E-state index in [0.29, 0.717) is 19.0 Å². The van der Waals surface area contributed by atoms with Crippen molar-refractivity contribution in [3.8, 4) is 0 Å². The van der Waals surface area contributed by atoms with Gasteiger partial charge in [-0.2, -0.15) is 0 Å². The van der Waals surface area contributed by atoms with Crippen LogP contribution in [0.3, 0.4) is 0 Å². The van der Waals surface area contributed by atoms with Gasteiger partial charge in [0.15, 0.2) is 0 Å². The predicted molar refractivity (Wildman–Crippen MR) is 56.6 cm³/mol. The van der Waals surface area contributed by atoms with Crippen molar-refractivity contribution in [3.05, 3.63) is 0 Å². The highest BCUT2D eigenvalue weighted by molar-refractivity contribution is 5.76. The van der Waals surface area contributed by atoms with Gasteiger partial charge in [0.1, 0.15) is 6.29 Å². The second kappa shape index (κ2) is 4.64. The van der Waals surface area contributed by atoms with Crippen LogP contribution in [0.4, 0.5) is 4.79 Å². The molecular weight excluding hydrogens is 192 g/mol. The fourth-order valence-corrected chi connectivity index (χ4v) is 2.26. The van der Waals surface area contributed by atoms with Crippen LogP contribution in [0.15, 0.2) is 0 Å². The fourth-order valence-electron chi connectivity index (χ4n) is 2.26. The molecule has 0 atom stereocenters. The maximum Gasteiger partial charge on any atom is 0.320 e. The van der Waals surface area contributed by atoms with E-state index in [-0.39, 0.29) is 6.03 Å². The molecule has 0 N–H and O–H groups in total. The minimum atomic E-state index is 0.146. The van der Waals surface area contributed by atoms with Gasteiger partial charge in [0.05, 0.1) is 0 Å². The van der Waals surface area contributed by atoms with Crippen LogP contribution in [0.5, 0.6) is 0 Å².